The summed E-state index contributed by atoms with van der Waals surface area (Å²) in [5, 5.41) is 6.88. The first-order chi connectivity index (χ1) is 10.7. The van der Waals surface area contributed by atoms with Gasteiger partial charge in [0.25, 0.3) is 0 Å². The van der Waals surface area contributed by atoms with Gasteiger partial charge in [0.05, 0.1) is 5.69 Å². The van der Waals surface area contributed by atoms with Gasteiger partial charge in [0.15, 0.2) is 4.67 Å². The molecule has 0 aliphatic carbocycles. The van der Waals surface area contributed by atoms with Crippen LogP contribution in [0.2, 0.25) is 0 Å². The summed E-state index contributed by atoms with van der Waals surface area (Å²) < 4.78 is 11.0. The number of ether oxygens (including phenoxy) is 1. The molecule has 0 atom stereocenters. The first-order valence-electron chi connectivity index (χ1n) is 6.28. The molecule has 0 saturated carbocycles. The summed E-state index contributed by atoms with van der Waals surface area (Å²) in [6.45, 7) is 0.158. The molecule has 7 heteroatoms. The minimum atomic E-state index is -0.433. The summed E-state index contributed by atoms with van der Waals surface area (Å²) in [4.78, 5) is 16.1. The highest BCUT2D eigenvalue weighted by atomic mass is 79.9. The molecule has 0 fully saturated rings. The summed E-state index contributed by atoms with van der Waals surface area (Å²) >= 11 is 6.36. The fraction of sp³-hybridized carbons (Fsp3) is 0.0667. The number of rotatable bonds is 5. The summed E-state index contributed by atoms with van der Waals surface area (Å²) in [5.74, 6) is 0.148. The number of furan rings is 1. The van der Waals surface area contributed by atoms with Crippen LogP contribution in [0, 0.1) is 0 Å². The highest BCUT2D eigenvalue weighted by molar-refractivity contribution is 9.10. The van der Waals surface area contributed by atoms with Gasteiger partial charge in [-0.1, -0.05) is 0 Å². The van der Waals surface area contributed by atoms with E-state index < -0.39 is 5.97 Å². The van der Waals surface area contributed by atoms with E-state index in [4.69, 9.17) is 9.15 Å². The van der Waals surface area contributed by atoms with Crippen molar-refractivity contribution < 1.29 is 13.9 Å². The fourth-order valence-electron chi connectivity index (χ4n) is 1.65. The van der Waals surface area contributed by atoms with Crippen molar-refractivity contribution in [2.24, 2.45) is 0 Å². The number of halogens is 1. The van der Waals surface area contributed by atoms with Crippen LogP contribution in [-0.2, 0) is 16.1 Å². The third kappa shape index (κ3) is 3.94. The smallest absolute Gasteiger partial charge is 0.331 e. The summed E-state index contributed by atoms with van der Waals surface area (Å²) in [6, 6.07) is 5.52. The van der Waals surface area contributed by atoms with Gasteiger partial charge < -0.3 is 9.15 Å². The number of nitrogens with zero attached hydrogens (tertiary/aromatic N) is 1. The van der Waals surface area contributed by atoms with E-state index in [-0.39, 0.29) is 6.61 Å². The third-order valence-corrected chi connectivity index (χ3v) is 4.71. The standard InChI is InChI=1S/C15H10BrNO3S2/c16-13-3-1-12(20-13)2-4-14(18)19-7-11-9-22-15(17-11)10-5-6-21-8-10/h1-6,8-9H,7H2/b4-2+. The molecule has 3 heterocycles. The van der Waals surface area contributed by atoms with Crippen LogP contribution >= 0.6 is 38.6 Å². The Balaban J connectivity index is 1.54. The average molecular weight is 396 g/mol. The molecule has 4 nitrogen and oxygen atoms in total. The molecule has 0 saturated heterocycles. The number of hydrogen-bond acceptors (Lipinski definition) is 6. The van der Waals surface area contributed by atoms with Gasteiger partial charge in [0, 0.05) is 22.4 Å². The van der Waals surface area contributed by atoms with Crippen molar-refractivity contribution in [1.29, 1.82) is 0 Å². The number of hydrogen-bond donors (Lipinski definition) is 0. The largest absolute Gasteiger partial charge is 0.456 e. The second-order valence-corrected chi connectivity index (χ2v) is 6.66. The van der Waals surface area contributed by atoms with E-state index in [2.05, 4.69) is 20.9 Å². The first-order valence-corrected chi connectivity index (χ1v) is 8.89. The minimum Gasteiger partial charge on any atom is -0.456 e. The molecular weight excluding hydrogens is 386 g/mol. The Kier molecular flexibility index (Phi) is 4.87. The Bertz CT molecular complexity index is 789. The van der Waals surface area contributed by atoms with Crippen LogP contribution < -0.4 is 0 Å². The van der Waals surface area contributed by atoms with Crippen LogP contribution in [0.4, 0.5) is 0 Å². The van der Waals surface area contributed by atoms with Gasteiger partial charge in [-0.2, -0.15) is 11.3 Å². The molecule has 0 radical (unpaired) electrons. The molecule has 0 amide bonds. The van der Waals surface area contributed by atoms with Gasteiger partial charge in [0.2, 0.25) is 0 Å². The number of thiazole rings is 1. The molecule has 0 N–H and O–H groups in total. The van der Waals surface area contributed by atoms with Crippen LogP contribution in [0.25, 0.3) is 16.6 Å². The molecule has 22 heavy (non-hydrogen) atoms. The lowest BCUT2D eigenvalue weighted by atomic mass is 10.3. The van der Waals surface area contributed by atoms with Crippen LogP contribution in [0.5, 0.6) is 0 Å². The van der Waals surface area contributed by atoms with E-state index in [1.54, 1.807) is 29.5 Å². The Morgan fingerprint density at radius 2 is 2.27 bits per heavy atom. The normalized spacial score (nSPS) is 11.1. The zero-order valence-corrected chi connectivity index (χ0v) is 14.4. The monoisotopic (exact) mass is 395 g/mol. The Labute approximate surface area is 143 Å². The lowest BCUT2D eigenvalue weighted by Gasteiger charge is -1.97. The Hall–Kier alpha value is -1.70. The molecule has 0 unspecified atom stereocenters. The average Bonchev–Trinajstić information content (AvgIpc) is 3.23. The zero-order valence-electron chi connectivity index (χ0n) is 11.2. The van der Waals surface area contributed by atoms with E-state index in [1.807, 2.05) is 22.2 Å². The van der Waals surface area contributed by atoms with Crippen LogP contribution in [-0.4, -0.2) is 11.0 Å². The van der Waals surface area contributed by atoms with Crippen molar-refractivity contribution in [1.82, 2.24) is 4.98 Å². The maximum atomic E-state index is 11.6. The third-order valence-electron chi connectivity index (χ3n) is 2.66. The number of thiophene rings is 1. The molecular formula is C15H10BrNO3S2. The van der Waals surface area contributed by atoms with E-state index in [9.17, 15) is 4.79 Å². The fourth-order valence-corrected chi connectivity index (χ4v) is 3.49. The molecule has 0 aromatic carbocycles. The number of carbonyl (C=O) groups is 1. The van der Waals surface area contributed by atoms with Gasteiger partial charge >= 0.3 is 5.97 Å². The molecule has 0 spiro atoms. The first kappa shape index (κ1) is 15.2. The topological polar surface area (TPSA) is 52.3 Å². The van der Waals surface area contributed by atoms with Crippen LogP contribution in [0.15, 0.2) is 49.5 Å². The number of esters is 1. The second kappa shape index (κ2) is 7.04. The Morgan fingerprint density at radius 1 is 1.36 bits per heavy atom. The quantitative estimate of drug-likeness (QED) is 0.451. The minimum absolute atomic E-state index is 0.158. The number of aromatic nitrogens is 1. The SMILES string of the molecule is O=C(/C=C/c1ccc(Br)o1)OCc1csc(-c2ccsc2)n1. The van der Waals surface area contributed by atoms with Crippen molar-refractivity contribution in [3.8, 4) is 10.6 Å². The molecule has 3 aromatic heterocycles. The van der Waals surface area contributed by atoms with Crippen molar-refractivity contribution in [3.63, 3.8) is 0 Å². The lowest BCUT2D eigenvalue weighted by molar-refractivity contribution is -0.139. The Morgan fingerprint density at radius 3 is 3.00 bits per heavy atom. The van der Waals surface area contributed by atoms with Crippen molar-refractivity contribution in [3.05, 3.63) is 56.5 Å². The lowest BCUT2D eigenvalue weighted by Crippen LogP contribution is -2.00. The maximum absolute atomic E-state index is 11.6. The number of carbonyl (C=O) groups excluding carboxylic acids is 1. The predicted octanol–water partition coefficient (Wildman–Crippen LogP) is 4.98. The van der Waals surface area contributed by atoms with E-state index in [0.717, 1.165) is 16.3 Å². The van der Waals surface area contributed by atoms with Gasteiger partial charge in [-0.25, -0.2) is 9.78 Å². The highest BCUT2D eigenvalue weighted by Crippen LogP contribution is 2.25. The predicted molar refractivity (Wildman–Crippen MR) is 90.7 cm³/mol. The van der Waals surface area contributed by atoms with E-state index in [0.29, 0.717) is 10.4 Å². The second-order valence-electron chi connectivity index (χ2n) is 4.24. The van der Waals surface area contributed by atoms with Crippen LogP contribution in [0.1, 0.15) is 11.5 Å². The van der Waals surface area contributed by atoms with Crippen LogP contribution in [0.3, 0.4) is 0 Å². The molecule has 112 valence electrons. The van der Waals surface area contributed by atoms with Crippen molar-refractivity contribution in [2.45, 2.75) is 6.61 Å². The summed E-state index contributed by atoms with van der Waals surface area (Å²) in [5.41, 5.74) is 1.84. The van der Waals surface area contributed by atoms with E-state index in [1.165, 1.54) is 17.4 Å². The van der Waals surface area contributed by atoms with Gasteiger partial charge in [0.1, 0.15) is 17.4 Å². The van der Waals surface area contributed by atoms with Gasteiger partial charge in [-0.05, 0) is 45.6 Å². The van der Waals surface area contributed by atoms with Gasteiger partial charge in [-0.3, -0.25) is 0 Å². The molecule has 3 rings (SSSR count). The highest BCUT2D eigenvalue weighted by Gasteiger charge is 2.07. The maximum Gasteiger partial charge on any atom is 0.331 e. The molecule has 0 aliphatic rings. The molecule has 3 aromatic rings. The van der Waals surface area contributed by atoms with Crippen molar-refractivity contribution in [2.75, 3.05) is 0 Å². The molecule has 0 bridgehead atoms. The summed E-state index contributed by atoms with van der Waals surface area (Å²) in [6.07, 6.45) is 2.89. The zero-order chi connectivity index (χ0) is 15.4. The van der Waals surface area contributed by atoms with Crippen molar-refractivity contribution >= 4 is 50.6 Å². The van der Waals surface area contributed by atoms with E-state index >= 15 is 0 Å². The van der Waals surface area contributed by atoms with Gasteiger partial charge in [-0.15, -0.1) is 11.3 Å². The molecule has 0 aliphatic heterocycles. The summed E-state index contributed by atoms with van der Waals surface area (Å²) in [7, 11) is 0.